The van der Waals surface area contributed by atoms with Gasteiger partial charge >= 0.3 is 0 Å². The first-order valence-corrected chi connectivity index (χ1v) is 4.17. The van der Waals surface area contributed by atoms with Crippen molar-refractivity contribution in [1.29, 1.82) is 0 Å². The molecule has 3 heteroatoms. The molecule has 0 aromatic carbocycles. The summed E-state index contributed by atoms with van der Waals surface area (Å²) < 4.78 is 5.06. The molecule has 0 bridgehead atoms. The van der Waals surface area contributed by atoms with Crippen LogP contribution in [0.5, 0.6) is 0 Å². The van der Waals surface area contributed by atoms with Gasteiger partial charge in [0.05, 0.1) is 19.3 Å². The van der Waals surface area contributed by atoms with Crippen molar-refractivity contribution >= 4 is 0 Å². The SMILES string of the molecule is CC(CN(C)C)NC1COC1. The van der Waals surface area contributed by atoms with Crippen LogP contribution in [0.4, 0.5) is 0 Å². The molecule has 0 aromatic heterocycles. The summed E-state index contributed by atoms with van der Waals surface area (Å²) in [7, 11) is 4.19. The third-order valence-electron chi connectivity index (χ3n) is 1.80. The van der Waals surface area contributed by atoms with E-state index in [1.807, 2.05) is 0 Å². The van der Waals surface area contributed by atoms with E-state index in [0.717, 1.165) is 19.8 Å². The zero-order valence-electron chi connectivity index (χ0n) is 7.63. The molecule has 1 atom stereocenters. The molecule has 0 radical (unpaired) electrons. The van der Waals surface area contributed by atoms with Crippen molar-refractivity contribution in [3.8, 4) is 0 Å². The fourth-order valence-electron chi connectivity index (χ4n) is 1.33. The van der Waals surface area contributed by atoms with Crippen LogP contribution >= 0.6 is 0 Å². The van der Waals surface area contributed by atoms with Crippen LogP contribution in [0.2, 0.25) is 0 Å². The van der Waals surface area contributed by atoms with Crippen molar-refractivity contribution < 1.29 is 4.74 Å². The Bertz CT molecular complexity index is 113. The second-order valence-electron chi connectivity index (χ2n) is 3.56. The maximum absolute atomic E-state index is 5.06. The molecule has 66 valence electrons. The number of nitrogens with one attached hydrogen (secondary N) is 1. The third kappa shape index (κ3) is 3.18. The molecular weight excluding hydrogens is 140 g/mol. The molecule has 0 aliphatic carbocycles. The Morgan fingerprint density at radius 3 is 2.55 bits per heavy atom. The highest BCUT2D eigenvalue weighted by Crippen LogP contribution is 2.00. The molecule has 1 rings (SSSR count). The highest BCUT2D eigenvalue weighted by molar-refractivity contribution is 4.77. The Balaban J connectivity index is 2.04. The second-order valence-corrected chi connectivity index (χ2v) is 3.56. The third-order valence-corrected chi connectivity index (χ3v) is 1.80. The van der Waals surface area contributed by atoms with E-state index in [0.29, 0.717) is 12.1 Å². The van der Waals surface area contributed by atoms with E-state index in [1.54, 1.807) is 0 Å². The van der Waals surface area contributed by atoms with Crippen molar-refractivity contribution in [2.75, 3.05) is 33.9 Å². The minimum Gasteiger partial charge on any atom is -0.378 e. The van der Waals surface area contributed by atoms with E-state index in [-0.39, 0.29) is 0 Å². The number of hydrogen-bond acceptors (Lipinski definition) is 3. The van der Waals surface area contributed by atoms with Gasteiger partial charge < -0.3 is 15.0 Å². The number of ether oxygens (including phenoxy) is 1. The van der Waals surface area contributed by atoms with Crippen LogP contribution in [0, 0.1) is 0 Å². The summed E-state index contributed by atoms with van der Waals surface area (Å²) in [5.74, 6) is 0. The molecule has 1 N–H and O–H groups in total. The quantitative estimate of drug-likeness (QED) is 0.619. The molecule has 1 heterocycles. The van der Waals surface area contributed by atoms with Crippen LogP contribution in [0.1, 0.15) is 6.92 Å². The molecule has 1 fully saturated rings. The summed E-state index contributed by atoms with van der Waals surface area (Å²) in [6.07, 6.45) is 0. The molecule has 0 aromatic rings. The summed E-state index contributed by atoms with van der Waals surface area (Å²) in [4.78, 5) is 2.19. The lowest BCUT2D eigenvalue weighted by atomic mass is 10.2. The Hall–Kier alpha value is -0.120. The summed E-state index contributed by atoms with van der Waals surface area (Å²) >= 11 is 0. The fourth-order valence-corrected chi connectivity index (χ4v) is 1.33. The first kappa shape index (κ1) is 8.97. The molecule has 0 spiro atoms. The van der Waals surface area contributed by atoms with Crippen molar-refractivity contribution in [2.24, 2.45) is 0 Å². The average Bonchev–Trinajstić information content (AvgIpc) is 1.77. The second kappa shape index (κ2) is 4.04. The minimum atomic E-state index is 0.568. The summed E-state index contributed by atoms with van der Waals surface area (Å²) in [5.41, 5.74) is 0. The monoisotopic (exact) mass is 158 g/mol. The van der Waals surface area contributed by atoms with Crippen molar-refractivity contribution in [2.45, 2.75) is 19.0 Å². The van der Waals surface area contributed by atoms with Crippen LogP contribution in [0.25, 0.3) is 0 Å². The zero-order valence-corrected chi connectivity index (χ0v) is 7.63. The van der Waals surface area contributed by atoms with Crippen LogP contribution in [0.15, 0.2) is 0 Å². The lowest BCUT2D eigenvalue weighted by Gasteiger charge is -2.31. The number of hydrogen-bond donors (Lipinski definition) is 1. The largest absolute Gasteiger partial charge is 0.378 e. The summed E-state index contributed by atoms with van der Waals surface area (Å²) in [6.45, 7) is 5.07. The average molecular weight is 158 g/mol. The maximum Gasteiger partial charge on any atom is 0.0643 e. The van der Waals surface area contributed by atoms with E-state index >= 15 is 0 Å². The van der Waals surface area contributed by atoms with Gasteiger partial charge in [0.1, 0.15) is 0 Å². The molecule has 1 unspecified atom stereocenters. The molecule has 1 aliphatic heterocycles. The Morgan fingerprint density at radius 2 is 2.18 bits per heavy atom. The highest BCUT2D eigenvalue weighted by atomic mass is 16.5. The molecule has 1 aliphatic rings. The van der Waals surface area contributed by atoms with Gasteiger partial charge in [0.2, 0.25) is 0 Å². The van der Waals surface area contributed by atoms with Crippen LogP contribution in [0.3, 0.4) is 0 Å². The van der Waals surface area contributed by atoms with Crippen LogP contribution < -0.4 is 5.32 Å². The lowest BCUT2D eigenvalue weighted by Crippen LogP contribution is -2.51. The van der Waals surface area contributed by atoms with Gasteiger partial charge in [-0.1, -0.05) is 0 Å². The fraction of sp³-hybridized carbons (Fsp3) is 1.00. The predicted octanol–water partition coefficient (Wildman–Crippen LogP) is -0.0751. The van der Waals surface area contributed by atoms with E-state index < -0.39 is 0 Å². The zero-order chi connectivity index (χ0) is 8.27. The minimum absolute atomic E-state index is 0.568. The highest BCUT2D eigenvalue weighted by Gasteiger charge is 2.19. The molecular formula is C8H18N2O. The van der Waals surface area contributed by atoms with Gasteiger partial charge in [-0.15, -0.1) is 0 Å². The number of rotatable bonds is 4. The number of nitrogens with zero attached hydrogens (tertiary/aromatic N) is 1. The van der Waals surface area contributed by atoms with Crippen molar-refractivity contribution in [1.82, 2.24) is 10.2 Å². The molecule has 11 heavy (non-hydrogen) atoms. The summed E-state index contributed by atoms with van der Waals surface area (Å²) in [6, 6.07) is 1.17. The van der Waals surface area contributed by atoms with Crippen molar-refractivity contribution in [3.63, 3.8) is 0 Å². The van der Waals surface area contributed by atoms with Crippen LogP contribution in [-0.2, 0) is 4.74 Å². The number of likely N-dealkylation sites (N-methyl/N-ethyl adjacent to an activating group) is 1. The van der Waals surface area contributed by atoms with E-state index in [4.69, 9.17) is 4.74 Å². The van der Waals surface area contributed by atoms with Gasteiger partial charge in [-0.2, -0.15) is 0 Å². The predicted molar refractivity (Wildman–Crippen MR) is 45.8 cm³/mol. The first-order chi connectivity index (χ1) is 5.18. The van der Waals surface area contributed by atoms with Crippen LogP contribution in [-0.4, -0.2) is 50.8 Å². The topological polar surface area (TPSA) is 24.5 Å². The van der Waals surface area contributed by atoms with Gasteiger partial charge in [-0.25, -0.2) is 0 Å². The van der Waals surface area contributed by atoms with Gasteiger partial charge in [0.25, 0.3) is 0 Å². The van der Waals surface area contributed by atoms with E-state index in [9.17, 15) is 0 Å². The van der Waals surface area contributed by atoms with Crippen molar-refractivity contribution in [3.05, 3.63) is 0 Å². The summed E-state index contributed by atoms with van der Waals surface area (Å²) in [5, 5.41) is 3.48. The standard InChI is InChI=1S/C8H18N2O/c1-7(4-10(2)3)9-8-5-11-6-8/h7-9H,4-6H2,1-3H3. The van der Waals surface area contributed by atoms with E-state index in [1.165, 1.54) is 0 Å². The maximum atomic E-state index is 5.06. The first-order valence-electron chi connectivity index (χ1n) is 4.17. The van der Waals surface area contributed by atoms with Gasteiger partial charge in [0, 0.05) is 12.6 Å². The molecule has 0 amide bonds. The smallest absolute Gasteiger partial charge is 0.0643 e. The Labute approximate surface area is 68.7 Å². The van der Waals surface area contributed by atoms with Gasteiger partial charge in [-0.05, 0) is 21.0 Å². The van der Waals surface area contributed by atoms with Gasteiger partial charge in [0.15, 0.2) is 0 Å². The van der Waals surface area contributed by atoms with E-state index in [2.05, 4.69) is 31.2 Å². The van der Waals surface area contributed by atoms with Gasteiger partial charge in [-0.3, -0.25) is 0 Å². The lowest BCUT2D eigenvalue weighted by molar-refractivity contribution is -0.0101. The molecule has 1 saturated heterocycles. The Kier molecular flexibility index (Phi) is 3.30. The normalized spacial score (nSPS) is 21.8. The molecule has 0 saturated carbocycles. The molecule has 3 nitrogen and oxygen atoms in total. The Morgan fingerprint density at radius 1 is 1.55 bits per heavy atom.